The molecule has 0 unspecified atom stereocenters. The molecule has 1 saturated heterocycles. The second kappa shape index (κ2) is 12.4. The van der Waals surface area contributed by atoms with Gasteiger partial charge < -0.3 is 20.3 Å². The Labute approximate surface area is 201 Å². The van der Waals surface area contributed by atoms with Crippen LogP contribution in [0.4, 0.5) is 29.2 Å². The summed E-state index contributed by atoms with van der Waals surface area (Å²) in [6.07, 6.45) is 1.86. The van der Waals surface area contributed by atoms with Crippen molar-refractivity contribution < 1.29 is 4.74 Å². The predicted molar refractivity (Wildman–Crippen MR) is 136 cm³/mol. The Balaban J connectivity index is 0.00000181. The van der Waals surface area contributed by atoms with Crippen molar-refractivity contribution in [3.05, 3.63) is 59.7 Å². The fourth-order valence-electron chi connectivity index (χ4n) is 3.52. The second-order valence-electron chi connectivity index (χ2n) is 7.15. The van der Waals surface area contributed by atoms with Crippen molar-refractivity contribution in [3.8, 4) is 0 Å². The molecule has 0 amide bonds. The number of nitrogens with one attached hydrogen (secondary N) is 2. The predicted octanol–water partition coefficient (Wildman–Crippen LogP) is 5.16. The molecular weight excluding hydrogens is 447 g/mol. The van der Waals surface area contributed by atoms with Crippen LogP contribution < -0.4 is 15.5 Å². The van der Waals surface area contributed by atoms with E-state index in [0.29, 0.717) is 31.1 Å². The number of rotatable bonds is 7. The van der Waals surface area contributed by atoms with Crippen molar-refractivity contribution in [2.24, 2.45) is 0 Å². The minimum atomic E-state index is 0. The van der Waals surface area contributed by atoms with Crippen molar-refractivity contribution >= 4 is 54.0 Å². The SMILES string of the molecule is CCc1ccccc1Nc1nc(Nc2ccccc2CC)nc(N2CCOCC2)n1.Cl.Cl. The molecule has 4 rings (SSSR count). The minimum absolute atomic E-state index is 0. The van der Waals surface area contributed by atoms with Crippen LogP contribution in [0.5, 0.6) is 0 Å². The molecule has 172 valence electrons. The maximum absolute atomic E-state index is 5.49. The smallest absolute Gasteiger partial charge is 0.233 e. The first-order chi connectivity index (χ1) is 14.8. The van der Waals surface area contributed by atoms with Crippen LogP contribution in [0.3, 0.4) is 0 Å². The summed E-state index contributed by atoms with van der Waals surface area (Å²) in [4.78, 5) is 16.2. The zero-order chi connectivity index (χ0) is 20.8. The van der Waals surface area contributed by atoms with E-state index >= 15 is 0 Å². The summed E-state index contributed by atoms with van der Waals surface area (Å²) in [5, 5.41) is 6.80. The van der Waals surface area contributed by atoms with Gasteiger partial charge in [-0.2, -0.15) is 15.0 Å². The average Bonchev–Trinajstić information content (AvgIpc) is 2.80. The van der Waals surface area contributed by atoms with Crippen LogP contribution in [0, 0.1) is 0 Å². The summed E-state index contributed by atoms with van der Waals surface area (Å²) in [6.45, 7) is 7.16. The number of ether oxygens (including phenoxy) is 1. The molecule has 1 aromatic heterocycles. The van der Waals surface area contributed by atoms with Gasteiger partial charge in [0.2, 0.25) is 17.8 Å². The maximum atomic E-state index is 5.49. The molecule has 0 radical (unpaired) electrons. The Bertz CT molecular complexity index is 930. The molecular formula is C23H30Cl2N6O. The number of nitrogens with zero attached hydrogens (tertiary/aromatic N) is 4. The number of halogens is 2. The van der Waals surface area contributed by atoms with Crippen LogP contribution in [-0.2, 0) is 17.6 Å². The van der Waals surface area contributed by atoms with Crippen molar-refractivity contribution in [2.45, 2.75) is 26.7 Å². The highest BCUT2D eigenvalue weighted by atomic mass is 35.5. The average molecular weight is 477 g/mol. The van der Waals surface area contributed by atoms with Crippen LogP contribution in [-0.4, -0.2) is 41.3 Å². The van der Waals surface area contributed by atoms with E-state index in [0.717, 1.165) is 37.3 Å². The Hall–Kier alpha value is -2.61. The highest BCUT2D eigenvalue weighted by molar-refractivity contribution is 5.85. The zero-order valence-electron chi connectivity index (χ0n) is 18.4. The van der Waals surface area contributed by atoms with Gasteiger partial charge in [0.05, 0.1) is 13.2 Å². The molecule has 0 aliphatic carbocycles. The first-order valence-electron chi connectivity index (χ1n) is 10.6. The highest BCUT2D eigenvalue weighted by Gasteiger charge is 2.17. The fourth-order valence-corrected chi connectivity index (χ4v) is 3.52. The van der Waals surface area contributed by atoms with E-state index in [1.807, 2.05) is 24.3 Å². The van der Waals surface area contributed by atoms with Crippen molar-refractivity contribution in [2.75, 3.05) is 41.8 Å². The fraction of sp³-hybridized carbons (Fsp3) is 0.348. The molecule has 3 aromatic rings. The van der Waals surface area contributed by atoms with Crippen molar-refractivity contribution in [1.82, 2.24) is 15.0 Å². The number of benzene rings is 2. The zero-order valence-corrected chi connectivity index (χ0v) is 20.0. The van der Waals surface area contributed by atoms with Gasteiger partial charge in [0.15, 0.2) is 0 Å². The molecule has 9 heteroatoms. The van der Waals surface area contributed by atoms with E-state index < -0.39 is 0 Å². The lowest BCUT2D eigenvalue weighted by Gasteiger charge is -2.27. The Morgan fingerprint density at radius 1 is 0.750 bits per heavy atom. The number of aromatic nitrogens is 3. The van der Waals surface area contributed by atoms with Gasteiger partial charge in [-0.15, -0.1) is 24.8 Å². The summed E-state index contributed by atoms with van der Waals surface area (Å²) in [6, 6.07) is 16.5. The second-order valence-corrected chi connectivity index (χ2v) is 7.15. The molecule has 0 bridgehead atoms. The van der Waals surface area contributed by atoms with Gasteiger partial charge in [0.1, 0.15) is 0 Å². The molecule has 0 saturated carbocycles. The Morgan fingerprint density at radius 2 is 1.22 bits per heavy atom. The number of hydrogen-bond donors (Lipinski definition) is 2. The Kier molecular flexibility index (Phi) is 9.97. The molecule has 1 aliphatic rings. The topological polar surface area (TPSA) is 75.2 Å². The van der Waals surface area contributed by atoms with Gasteiger partial charge in [-0.1, -0.05) is 50.2 Å². The molecule has 1 fully saturated rings. The number of hydrogen-bond acceptors (Lipinski definition) is 7. The first-order valence-corrected chi connectivity index (χ1v) is 10.6. The number of aryl methyl sites for hydroxylation is 2. The van der Waals surface area contributed by atoms with Crippen molar-refractivity contribution in [3.63, 3.8) is 0 Å². The lowest BCUT2D eigenvalue weighted by molar-refractivity contribution is 0.122. The third-order valence-corrected chi connectivity index (χ3v) is 5.21. The summed E-state index contributed by atoms with van der Waals surface area (Å²) in [5.41, 5.74) is 4.46. The normalized spacial score (nSPS) is 13.0. The van der Waals surface area contributed by atoms with Gasteiger partial charge in [-0.25, -0.2) is 0 Å². The van der Waals surface area contributed by atoms with E-state index in [4.69, 9.17) is 14.7 Å². The largest absolute Gasteiger partial charge is 0.378 e. The number of para-hydroxylation sites is 2. The Morgan fingerprint density at radius 3 is 1.69 bits per heavy atom. The molecule has 32 heavy (non-hydrogen) atoms. The molecule has 2 aromatic carbocycles. The third kappa shape index (κ3) is 6.22. The quantitative estimate of drug-likeness (QED) is 0.487. The van der Waals surface area contributed by atoms with Crippen LogP contribution in [0.15, 0.2) is 48.5 Å². The van der Waals surface area contributed by atoms with E-state index in [-0.39, 0.29) is 24.8 Å². The molecule has 0 spiro atoms. The molecule has 0 atom stereocenters. The number of morpholine rings is 1. The summed E-state index contributed by atoms with van der Waals surface area (Å²) in [5.74, 6) is 1.72. The van der Waals surface area contributed by atoms with Crippen LogP contribution in [0.25, 0.3) is 0 Å². The maximum Gasteiger partial charge on any atom is 0.233 e. The van der Waals surface area contributed by atoms with Gasteiger partial charge in [-0.05, 0) is 36.1 Å². The van der Waals surface area contributed by atoms with Crippen molar-refractivity contribution in [1.29, 1.82) is 0 Å². The third-order valence-electron chi connectivity index (χ3n) is 5.21. The van der Waals surface area contributed by atoms with E-state index in [9.17, 15) is 0 Å². The molecule has 7 nitrogen and oxygen atoms in total. The highest BCUT2D eigenvalue weighted by Crippen LogP contribution is 2.24. The van der Waals surface area contributed by atoms with Gasteiger partial charge in [-0.3, -0.25) is 0 Å². The molecule has 1 aliphatic heterocycles. The first kappa shape index (κ1) is 25.6. The molecule has 2 heterocycles. The minimum Gasteiger partial charge on any atom is -0.378 e. The standard InChI is InChI=1S/C23H28N6O.2ClH/c1-3-17-9-5-7-11-19(17)24-21-26-22(25-20-12-8-6-10-18(20)4-2)28-23(27-21)29-13-15-30-16-14-29;;/h5-12H,3-4,13-16H2,1-2H3,(H2,24,25,26,27,28);2*1H. The van der Waals surface area contributed by atoms with Crippen LogP contribution in [0.1, 0.15) is 25.0 Å². The monoisotopic (exact) mass is 476 g/mol. The van der Waals surface area contributed by atoms with Crippen LogP contribution in [0.2, 0.25) is 0 Å². The summed E-state index contributed by atoms with van der Waals surface area (Å²) in [7, 11) is 0. The summed E-state index contributed by atoms with van der Waals surface area (Å²) >= 11 is 0. The van der Waals surface area contributed by atoms with E-state index in [2.05, 4.69) is 58.6 Å². The van der Waals surface area contributed by atoms with Crippen LogP contribution >= 0.6 is 24.8 Å². The number of anilines is 5. The summed E-state index contributed by atoms with van der Waals surface area (Å²) < 4.78 is 5.49. The lowest BCUT2D eigenvalue weighted by Crippen LogP contribution is -2.37. The van der Waals surface area contributed by atoms with Gasteiger partial charge >= 0.3 is 0 Å². The van der Waals surface area contributed by atoms with Gasteiger partial charge in [0.25, 0.3) is 0 Å². The lowest BCUT2D eigenvalue weighted by atomic mass is 10.1. The van der Waals surface area contributed by atoms with Gasteiger partial charge in [0, 0.05) is 24.5 Å². The van der Waals surface area contributed by atoms with E-state index in [1.54, 1.807) is 0 Å². The molecule has 2 N–H and O–H groups in total. The van der Waals surface area contributed by atoms with E-state index in [1.165, 1.54) is 11.1 Å².